The number of rotatable bonds is 5. The van der Waals surface area contributed by atoms with Crippen molar-refractivity contribution >= 4 is 23.7 Å². The summed E-state index contributed by atoms with van der Waals surface area (Å²) in [5.41, 5.74) is 0.119. The molecule has 0 unspecified atom stereocenters. The summed E-state index contributed by atoms with van der Waals surface area (Å²) in [5.74, 6) is -1.55. The number of ether oxygens (including phenoxy) is 4. The van der Waals surface area contributed by atoms with Gasteiger partial charge in [0.2, 0.25) is 6.10 Å². The van der Waals surface area contributed by atoms with Gasteiger partial charge in [-0.2, -0.15) is 5.10 Å². The molecule has 0 aliphatic carbocycles. The molecule has 0 saturated carbocycles. The molecule has 2 aliphatic heterocycles. The Morgan fingerprint density at radius 2 is 1.90 bits per heavy atom. The fourth-order valence-electron chi connectivity index (χ4n) is 3.72. The summed E-state index contributed by atoms with van der Waals surface area (Å²) in [6, 6.07) is 2.05. The zero-order valence-electron chi connectivity index (χ0n) is 18.8. The van der Waals surface area contributed by atoms with Crippen molar-refractivity contribution in [3.8, 4) is 0 Å². The molecule has 3 heterocycles. The minimum atomic E-state index is -1.49. The summed E-state index contributed by atoms with van der Waals surface area (Å²) in [5, 5.41) is 4.65. The second-order valence-corrected chi connectivity index (χ2v) is 8.78. The van der Waals surface area contributed by atoms with Crippen molar-refractivity contribution in [2.24, 2.45) is 0 Å². The van der Waals surface area contributed by atoms with E-state index in [2.05, 4.69) is 5.10 Å². The average molecular weight is 437 g/mol. The van der Waals surface area contributed by atoms with Gasteiger partial charge in [-0.3, -0.25) is 19.2 Å². The molecule has 1 aromatic rings. The lowest BCUT2D eigenvalue weighted by Crippen LogP contribution is -2.56. The van der Waals surface area contributed by atoms with E-state index in [4.69, 9.17) is 18.9 Å². The van der Waals surface area contributed by atoms with Gasteiger partial charge in [-0.1, -0.05) is 0 Å². The molecule has 31 heavy (non-hydrogen) atoms. The number of carbonyl (C=O) groups is 3. The maximum atomic E-state index is 13.2. The third kappa shape index (κ3) is 5.62. The Balaban J connectivity index is 1.82. The lowest BCUT2D eigenvalue weighted by molar-refractivity contribution is -0.188. The van der Waals surface area contributed by atoms with Gasteiger partial charge in [-0.25, -0.2) is 4.79 Å². The van der Waals surface area contributed by atoms with Crippen LogP contribution in [-0.2, 0) is 33.3 Å². The Kier molecular flexibility index (Phi) is 7.00. The predicted molar refractivity (Wildman–Crippen MR) is 110 cm³/mol. The van der Waals surface area contributed by atoms with E-state index in [-0.39, 0.29) is 19.2 Å². The number of hydrogen-bond donors (Lipinski definition) is 0. The topological polar surface area (TPSA) is 109 Å². The predicted octanol–water partition coefficient (Wildman–Crippen LogP) is 1.55. The molecule has 10 nitrogen and oxygen atoms in total. The molecule has 10 heteroatoms. The summed E-state index contributed by atoms with van der Waals surface area (Å²) in [6.45, 7) is 9.99. The number of aromatic nitrogens is 2. The van der Waals surface area contributed by atoms with E-state index in [1.165, 1.54) is 11.8 Å². The average Bonchev–Trinajstić information content (AvgIpc) is 3.07. The standard InChI is InChI=1S/C21H31N3O7/c1-13-12-16(22-24(13)15-6-9-28-10-7-15)23-8-11-29-17(19(23)26)18(30-14(2)25)20(27)31-21(3,4)5/h12,15,17-18H,6-11H2,1-5H3/t17-,18-/m1/s1. The number of nitrogens with zero attached hydrogens (tertiary/aromatic N) is 3. The number of morpholine rings is 1. The Morgan fingerprint density at radius 1 is 1.23 bits per heavy atom. The number of carbonyl (C=O) groups excluding carboxylic acids is 3. The lowest BCUT2D eigenvalue weighted by atomic mass is 10.1. The second kappa shape index (κ2) is 9.35. The summed E-state index contributed by atoms with van der Waals surface area (Å²) < 4.78 is 23.4. The van der Waals surface area contributed by atoms with Crippen LogP contribution in [0.2, 0.25) is 0 Å². The molecule has 1 aromatic heterocycles. The lowest BCUT2D eigenvalue weighted by Gasteiger charge is -2.34. The zero-order valence-corrected chi connectivity index (χ0v) is 18.8. The molecule has 2 saturated heterocycles. The number of esters is 2. The summed E-state index contributed by atoms with van der Waals surface area (Å²) in [6.07, 6.45) is -1.09. The van der Waals surface area contributed by atoms with Crippen molar-refractivity contribution in [3.63, 3.8) is 0 Å². The largest absolute Gasteiger partial charge is 0.457 e. The zero-order chi connectivity index (χ0) is 22.8. The number of anilines is 1. The number of aryl methyl sites for hydroxylation is 1. The van der Waals surface area contributed by atoms with Crippen LogP contribution in [0, 0.1) is 6.92 Å². The van der Waals surface area contributed by atoms with Gasteiger partial charge in [0.05, 0.1) is 19.2 Å². The van der Waals surface area contributed by atoms with Crippen LogP contribution in [-0.4, -0.2) is 71.8 Å². The van der Waals surface area contributed by atoms with Crippen LogP contribution in [0.5, 0.6) is 0 Å². The first-order valence-corrected chi connectivity index (χ1v) is 10.5. The van der Waals surface area contributed by atoms with Crippen molar-refractivity contribution in [1.82, 2.24) is 9.78 Å². The normalized spacial score (nSPS) is 21.6. The molecular weight excluding hydrogens is 406 g/mol. The Labute approximate surface area is 181 Å². The first kappa shape index (κ1) is 23.2. The monoisotopic (exact) mass is 437 g/mol. The molecule has 2 aliphatic rings. The fraction of sp³-hybridized carbons (Fsp3) is 0.714. The highest BCUT2D eigenvalue weighted by molar-refractivity contribution is 6.00. The van der Waals surface area contributed by atoms with Gasteiger partial charge in [-0.15, -0.1) is 0 Å². The molecule has 0 N–H and O–H groups in total. The van der Waals surface area contributed by atoms with Crippen LogP contribution >= 0.6 is 0 Å². The molecule has 2 atom stereocenters. The highest BCUT2D eigenvalue weighted by Gasteiger charge is 2.45. The summed E-state index contributed by atoms with van der Waals surface area (Å²) >= 11 is 0. The van der Waals surface area contributed by atoms with Gasteiger partial charge < -0.3 is 18.9 Å². The SMILES string of the molecule is CC(=O)O[C@@H](C(=O)OC(C)(C)C)[C@H]1OCCN(c2cc(C)n(C3CCOCC3)n2)C1=O. The molecule has 3 rings (SSSR count). The maximum absolute atomic E-state index is 13.2. The van der Waals surface area contributed by atoms with E-state index in [9.17, 15) is 14.4 Å². The fourth-order valence-corrected chi connectivity index (χ4v) is 3.72. The first-order chi connectivity index (χ1) is 14.6. The van der Waals surface area contributed by atoms with Crippen molar-refractivity contribution in [1.29, 1.82) is 0 Å². The van der Waals surface area contributed by atoms with E-state index in [1.807, 2.05) is 17.7 Å². The number of amides is 1. The highest BCUT2D eigenvalue weighted by atomic mass is 16.6. The third-order valence-corrected chi connectivity index (χ3v) is 5.05. The van der Waals surface area contributed by atoms with Crippen LogP contribution in [0.4, 0.5) is 5.82 Å². The molecule has 2 fully saturated rings. The van der Waals surface area contributed by atoms with Gasteiger partial charge in [0, 0.05) is 31.9 Å². The Hall–Kier alpha value is -2.46. The number of hydrogen-bond acceptors (Lipinski definition) is 8. The van der Waals surface area contributed by atoms with Gasteiger partial charge >= 0.3 is 11.9 Å². The van der Waals surface area contributed by atoms with E-state index in [0.29, 0.717) is 19.0 Å². The molecule has 0 spiro atoms. The highest BCUT2D eigenvalue weighted by Crippen LogP contribution is 2.27. The molecule has 0 radical (unpaired) electrons. The van der Waals surface area contributed by atoms with E-state index in [0.717, 1.165) is 18.5 Å². The van der Waals surface area contributed by atoms with Crippen molar-refractivity contribution in [3.05, 3.63) is 11.8 Å². The summed E-state index contributed by atoms with van der Waals surface area (Å²) in [7, 11) is 0. The first-order valence-electron chi connectivity index (χ1n) is 10.5. The van der Waals surface area contributed by atoms with Crippen molar-refractivity contribution in [2.75, 3.05) is 31.3 Å². The van der Waals surface area contributed by atoms with E-state index < -0.39 is 35.7 Å². The molecule has 172 valence electrons. The third-order valence-electron chi connectivity index (χ3n) is 5.05. The van der Waals surface area contributed by atoms with Crippen LogP contribution in [0.3, 0.4) is 0 Å². The van der Waals surface area contributed by atoms with E-state index >= 15 is 0 Å². The van der Waals surface area contributed by atoms with Crippen LogP contribution in [0.1, 0.15) is 52.3 Å². The maximum Gasteiger partial charge on any atom is 0.351 e. The Bertz CT molecular complexity index is 823. The van der Waals surface area contributed by atoms with Crippen molar-refractivity contribution in [2.45, 2.75) is 71.3 Å². The van der Waals surface area contributed by atoms with Crippen LogP contribution in [0.15, 0.2) is 6.07 Å². The van der Waals surface area contributed by atoms with Gasteiger partial charge in [0.25, 0.3) is 5.91 Å². The molecule has 1 amide bonds. The van der Waals surface area contributed by atoms with Gasteiger partial charge in [0.15, 0.2) is 11.9 Å². The molecule has 0 aromatic carbocycles. The molecular formula is C21H31N3O7. The quantitative estimate of drug-likeness (QED) is 0.639. The Morgan fingerprint density at radius 3 is 2.52 bits per heavy atom. The van der Waals surface area contributed by atoms with Crippen molar-refractivity contribution < 1.29 is 33.3 Å². The van der Waals surface area contributed by atoms with Gasteiger partial charge in [0.1, 0.15) is 5.60 Å². The van der Waals surface area contributed by atoms with Crippen LogP contribution < -0.4 is 4.90 Å². The molecule has 0 bridgehead atoms. The minimum Gasteiger partial charge on any atom is -0.457 e. The van der Waals surface area contributed by atoms with Crippen LogP contribution in [0.25, 0.3) is 0 Å². The minimum absolute atomic E-state index is 0.167. The second-order valence-electron chi connectivity index (χ2n) is 8.78. The summed E-state index contributed by atoms with van der Waals surface area (Å²) in [4.78, 5) is 39.0. The van der Waals surface area contributed by atoms with E-state index in [1.54, 1.807) is 20.8 Å². The van der Waals surface area contributed by atoms with Gasteiger partial charge in [-0.05, 0) is 40.5 Å². The smallest absolute Gasteiger partial charge is 0.351 e.